The first-order valence-corrected chi connectivity index (χ1v) is 7.23. The maximum absolute atomic E-state index is 11.2. The molecule has 0 aliphatic heterocycles. The van der Waals surface area contributed by atoms with E-state index in [2.05, 4.69) is 0 Å². The predicted molar refractivity (Wildman–Crippen MR) is 87.3 cm³/mol. The largest absolute Gasteiger partial charge is 0.497 e. The number of anilines is 1. The predicted octanol–water partition coefficient (Wildman–Crippen LogP) is 3.38. The number of nitrogens with one attached hydrogen (secondary N) is 1. The molecule has 0 saturated carbocycles. The van der Waals surface area contributed by atoms with Crippen molar-refractivity contribution in [3.63, 3.8) is 0 Å². The van der Waals surface area contributed by atoms with Gasteiger partial charge in [-0.15, -0.1) is 0 Å². The first kappa shape index (κ1) is 16.9. The lowest BCUT2D eigenvalue weighted by molar-refractivity contribution is 0.169. The molecule has 0 spiro atoms. The van der Waals surface area contributed by atoms with Crippen LogP contribution in [0.1, 0.15) is 5.56 Å². The molecule has 0 bridgehead atoms. The van der Waals surface area contributed by atoms with Gasteiger partial charge in [-0.25, -0.2) is 14.7 Å². The van der Waals surface area contributed by atoms with Gasteiger partial charge in [0.25, 0.3) is 0 Å². The molecular weight excluding hydrogens is 320 g/mol. The minimum atomic E-state index is -0.833. The first-order chi connectivity index (χ1) is 11.1. The van der Waals surface area contributed by atoms with Crippen molar-refractivity contribution in [1.82, 2.24) is 5.48 Å². The Kier molecular flexibility index (Phi) is 6.08. The zero-order chi connectivity index (χ0) is 16.7. The second kappa shape index (κ2) is 8.26. The van der Waals surface area contributed by atoms with Crippen LogP contribution in [0.15, 0.2) is 48.5 Å². The summed E-state index contributed by atoms with van der Waals surface area (Å²) >= 11 is 5.73. The highest BCUT2D eigenvalue weighted by Gasteiger charge is 2.11. The number of carbonyl (C=O) groups is 1. The average molecular weight is 337 g/mol. The number of nitrogens with zero attached hydrogens (tertiary/aromatic N) is 1. The van der Waals surface area contributed by atoms with Gasteiger partial charge >= 0.3 is 6.03 Å². The summed E-state index contributed by atoms with van der Waals surface area (Å²) in [4.78, 5) is 11.2. The highest BCUT2D eigenvalue weighted by atomic mass is 35.5. The molecule has 2 rings (SSSR count). The maximum atomic E-state index is 11.2. The Labute approximate surface area is 139 Å². The fourth-order valence-electron chi connectivity index (χ4n) is 1.91. The molecule has 6 nitrogen and oxygen atoms in total. The molecule has 7 heteroatoms. The molecule has 0 unspecified atom stereocenters. The molecule has 0 heterocycles. The highest BCUT2D eigenvalue weighted by molar-refractivity contribution is 6.36. The third-order valence-electron chi connectivity index (χ3n) is 3.16. The van der Waals surface area contributed by atoms with E-state index >= 15 is 0 Å². The van der Waals surface area contributed by atoms with Crippen LogP contribution in [0.2, 0.25) is 0 Å². The zero-order valence-corrected chi connectivity index (χ0v) is 13.3. The molecule has 23 heavy (non-hydrogen) atoms. The molecular formula is C16H17ClN2O4. The van der Waals surface area contributed by atoms with E-state index in [4.69, 9.17) is 26.5 Å². The van der Waals surface area contributed by atoms with Crippen LogP contribution in [0.25, 0.3) is 0 Å². The monoisotopic (exact) mass is 336 g/mol. The topological polar surface area (TPSA) is 71.0 Å². The summed E-state index contributed by atoms with van der Waals surface area (Å²) in [5, 5.41) is 8.52. The van der Waals surface area contributed by atoms with E-state index in [1.54, 1.807) is 31.4 Å². The summed E-state index contributed by atoms with van der Waals surface area (Å²) in [6.07, 6.45) is 0.764. The standard InChI is InChI=1S/C16H17ClN2O4/c1-22-14-6-2-12(3-7-14)10-11-23-15-8-4-13(5-9-15)19(17)16(20)18-21/h2-9,21H,10-11H2,1H3,(H,18,20). The van der Waals surface area contributed by atoms with Crippen LogP contribution in [0.5, 0.6) is 11.5 Å². The van der Waals surface area contributed by atoms with E-state index in [0.29, 0.717) is 18.0 Å². The Hall–Kier alpha value is -2.44. The quantitative estimate of drug-likeness (QED) is 0.482. The number of hydrogen-bond donors (Lipinski definition) is 2. The minimum Gasteiger partial charge on any atom is -0.497 e. The van der Waals surface area contributed by atoms with Gasteiger partial charge in [-0.05, 0) is 42.0 Å². The number of ether oxygens (including phenoxy) is 2. The molecule has 0 aliphatic rings. The summed E-state index contributed by atoms with van der Waals surface area (Å²) in [6, 6.07) is 13.6. The van der Waals surface area contributed by atoms with E-state index in [1.165, 1.54) is 5.48 Å². The normalized spacial score (nSPS) is 10.0. The maximum Gasteiger partial charge on any atom is 0.360 e. The van der Waals surface area contributed by atoms with E-state index < -0.39 is 6.03 Å². The molecule has 0 aromatic heterocycles. The van der Waals surface area contributed by atoms with Crippen LogP contribution in [-0.4, -0.2) is 25.0 Å². The summed E-state index contributed by atoms with van der Waals surface area (Å²) in [5.74, 6) is 1.49. The van der Waals surface area contributed by atoms with Crippen molar-refractivity contribution >= 4 is 23.5 Å². The van der Waals surface area contributed by atoms with Gasteiger partial charge in [0.2, 0.25) is 0 Å². The van der Waals surface area contributed by atoms with Crippen molar-refractivity contribution < 1.29 is 19.5 Å². The molecule has 2 amide bonds. The fourth-order valence-corrected chi connectivity index (χ4v) is 2.06. The number of hydroxylamine groups is 1. The molecule has 0 radical (unpaired) electrons. The van der Waals surface area contributed by atoms with Crippen LogP contribution in [0.4, 0.5) is 10.5 Å². The van der Waals surface area contributed by atoms with Crippen molar-refractivity contribution in [3.05, 3.63) is 54.1 Å². The molecule has 0 aliphatic carbocycles. The van der Waals surface area contributed by atoms with Crippen molar-refractivity contribution in [2.24, 2.45) is 0 Å². The van der Waals surface area contributed by atoms with Crippen LogP contribution < -0.4 is 19.4 Å². The average Bonchev–Trinajstić information content (AvgIpc) is 2.61. The third kappa shape index (κ3) is 4.77. The third-order valence-corrected chi connectivity index (χ3v) is 3.50. The van der Waals surface area contributed by atoms with Gasteiger partial charge in [-0.3, -0.25) is 5.21 Å². The lowest BCUT2D eigenvalue weighted by Gasteiger charge is -2.13. The van der Waals surface area contributed by atoms with E-state index in [-0.39, 0.29) is 0 Å². The van der Waals surface area contributed by atoms with Crippen LogP contribution >= 0.6 is 11.8 Å². The van der Waals surface area contributed by atoms with Gasteiger partial charge in [-0.1, -0.05) is 12.1 Å². The molecule has 2 aromatic carbocycles. The summed E-state index contributed by atoms with van der Waals surface area (Å²) in [5.41, 5.74) is 3.02. The van der Waals surface area contributed by atoms with Gasteiger partial charge in [0, 0.05) is 18.2 Å². The number of rotatable bonds is 6. The molecule has 2 N–H and O–H groups in total. The number of urea groups is 1. The van der Waals surface area contributed by atoms with Crippen LogP contribution in [-0.2, 0) is 6.42 Å². The van der Waals surface area contributed by atoms with Crippen molar-refractivity contribution in [1.29, 1.82) is 0 Å². The van der Waals surface area contributed by atoms with Crippen molar-refractivity contribution in [2.45, 2.75) is 6.42 Å². The van der Waals surface area contributed by atoms with Gasteiger partial charge in [-0.2, -0.15) is 0 Å². The number of carbonyl (C=O) groups excluding carboxylic acids is 1. The number of benzene rings is 2. The highest BCUT2D eigenvalue weighted by Crippen LogP contribution is 2.21. The van der Waals surface area contributed by atoms with Gasteiger partial charge < -0.3 is 9.47 Å². The zero-order valence-electron chi connectivity index (χ0n) is 12.5. The second-order valence-electron chi connectivity index (χ2n) is 4.64. The van der Waals surface area contributed by atoms with Gasteiger partial charge in [0.15, 0.2) is 0 Å². The number of methoxy groups -OCH3 is 1. The van der Waals surface area contributed by atoms with Gasteiger partial charge in [0.05, 0.1) is 19.4 Å². The van der Waals surface area contributed by atoms with Crippen LogP contribution in [0.3, 0.4) is 0 Å². The van der Waals surface area contributed by atoms with Gasteiger partial charge in [0.1, 0.15) is 11.5 Å². The summed E-state index contributed by atoms with van der Waals surface area (Å²) < 4.78 is 11.5. The van der Waals surface area contributed by atoms with E-state index in [1.807, 2.05) is 24.3 Å². The smallest absolute Gasteiger partial charge is 0.360 e. The lowest BCUT2D eigenvalue weighted by atomic mass is 10.1. The minimum absolute atomic E-state index is 0.417. The van der Waals surface area contributed by atoms with Crippen molar-refractivity contribution in [2.75, 3.05) is 18.1 Å². The lowest BCUT2D eigenvalue weighted by Crippen LogP contribution is -2.31. The second-order valence-corrected chi connectivity index (χ2v) is 4.98. The number of hydrogen-bond acceptors (Lipinski definition) is 4. The van der Waals surface area contributed by atoms with Crippen LogP contribution in [0, 0.1) is 0 Å². The summed E-state index contributed by atoms with van der Waals surface area (Å²) in [7, 11) is 1.63. The molecule has 122 valence electrons. The van der Waals surface area contributed by atoms with E-state index in [0.717, 1.165) is 22.2 Å². The molecule has 0 saturated heterocycles. The first-order valence-electron chi connectivity index (χ1n) is 6.90. The Bertz CT molecular complexity index is 632. The van der Waals surface area contributed by atoms with Crippen molar-refractivity contribution in [3.8, 4) is 11.5 Å². The summed E-state index contributed by atoms with van der Waals surface area (Å²) in [6.45, 7) is 0.521. The number of amides is 2. The Morgan fingerprint density at radius 1 is 1.13 bits per heavy atom. The van der Waals surface area contributed by atoms with E-state index in [9.17, 15) is 4.79 Å². The molecule has 0 fully saturated rings. The Morgan fingerprint density at radius 2 is 1.74 bits per heavy atom. The molecule has 0 atom stereocenters. The Balaban J connectivity index is 1.85. The number of halogens is 1. The fraction of sp³-hybridized carbons (Fsp3) is 0.188. The Morgan fingerprint density at radius 3 is 2.30 bits per heavy atom. The SMILES string of the molecule is COc1ccc(CCOc2ccc(N(Cl)C(=O)NO)cc2)cc1. The molecule has 2 aromatic rings.